The van der Waals surface area contributed by atoms with Crippen molar-refractivity contribution in [1.82, 2.24) is 20.2 Å². The second-order valence-corrected chi connectivity index (χ2v) is 6.35. The van der Waals surface area contributed by atoms with E-state index in [0.717, 1.165) is 11.3 Å². The van der Waals surface area contributed by atoms with Gasteiger partial charge in [-0.15, -0.1) is 5.10 Å². The molecule has 29 heavy (non-hydrogen) atoms. The predicted molar refractivity (Wildman–Crippen MR) is 112 cm³/mol. The molecule has 4 aromatic rings. The van der Waals surface area contributed by atoms with E-state index in [1.807, 2.05) is 49.4 Å². The van der Waals surface area contributed by atoms with Crippen LogP contribution in [0.5, 0.6) is 0 Å². The van der Waals surface area contributed by atoms with E-state index in [1.165, 1.54) is 0 Å². The van der Waals surface area contributed by atoms with Gasteiger partial charge in [0, 0.05) is 29.3 Å². The first-order chi connectivity index (χ1) is 14.2. The summed E-state index contributed by atoms with van der Waals surface area (Å²) in [5.74, 6) is 0.268. The monoisotopic (exact) mass is 382 g/mol. The van der Waals surface area contributed by atoms with E-state index < -0.39 is 0 Å². The number of carbonyl (C=O) groups is 1. The molecule has 7 nitrogen and oxygen atoms in total. The second kappa shape index (κ2) is 8.26. The lowest BCUT2D eigenvalue weighted by Crippen LogP contribution is -2.12. The Morgan fingerprint density at radius 1 is 0.897 bits per heavy atom. The number of hydrogen-bond acceptors (Lipinski definition) is 6. The van der Waals surface area contributed by atoms with Crippen molar-refractivity contribution in [3.8, 4) is 11.4 Å². The number of rotatable bonds is 5. The highest BCUT2D eigenvalue weighted by atomic mass is 16.1. The van der Waals surface area contributed by atoms with Gasteiger partial charge >= 0.3 is 0 Å². The molecule has 0 spiro atoms. The molecule has 0 atom stereocenters. The van der Waals surface area contributed by atoms with Crippen LogP contribution in [0.25, 0.3) is 11.4 Å². The Balaban J connectivity index is 1.55. The summed E-state index contributed by atoms with van der Waals surface area (Å²) in [7, 11) is 0. The van der Waals surface area contributed by atoms with E-state index >= 15 is 0 Å². The quantitative estimate of drug-likeness (QED) is 0.536. The van der Waals surface area contributed by atoms with Crippen LogP contribution in [0.4, 0.5) is 17.3 Å². The molecule has 0 saturated carbocycles. The lowest BCUT2D eigenvalue weighted by Gasteiger charge is -2.12. The number of aryl methyl sites for hydroxylation is 1. The van der Waals surface area contributed by atoms with Crippen LogP contribution < -0.4 is 10.6 Å². The summed E-state index contributed by atoms with van der Waals surface area (Å²) in [4.78, 5) is 21.2. The molecule has 2 aromatic heterocycles. The minimum absolute atomic E-state index is 0.165. The fourth-order valence-electron chi connectivity index (χ4n) is 2.75. The Morgan fingerprint density at radius 3 is 2.55 bits per heavy atom. The zero-order chi connectivity index (χ0) is 20.1. The molecule has 0 unspecified atom stereocenters. The van der Waals surface area contributed by atoms with Crippen LogP contribution in [0.2, 0.25) is 0 Å². The average molecular weight is 382 g/mol. The minimum atomic E-state index is -0.165. The molecule has 0 aliphatic heterocycles. The van der Waals surface area contributed by atoms with Gasteiger partial charge in [-0.3, -0.25) is 4.79 Å². The molecule has 2 N–H and O–H groups in total. The van der Waals surface area contributed by atoms with Crippen LogP contribution in [0, 0.1) is 6.92 Å². The van der Waals surface area contributed by atoms with Gasteiger partial charge < -0.3 is 10.6 Å². The van der Waals surface area contributed by atoms with Gasteiger partial charge in [0.15, 0.2) is 0 Å². The SMILES string of the molecule is Cc1ccc(NC(=O)c2ccccc2)cc1Nc1nccc(-c2cccnn2)n1. The molecule has 0 saturated heterocycles. The third kappa shape index (κ3) is 4.41. The van der Waals surface area contributed by atoms with Crippen molar-refractivity contribution in [2.75, 3.05) is 10.6 Å². The highest BCUT2D eigenvalue weighted by Crippen LogP contribution is 2.24. The van der Waals surface area contributed by atoms with Crippen LogP contribution in [0.15, 0.2) is 79.1 Å². The average Bonchev–Trinajstić information content (AvgIpc) is 2.77. The maximum absolute atomic E-state index is 12.4. The molecular weight excluding hydrogens is 364 g/mol. The van der Waals surface area contributed by atoms with Crippen molar-refractivity contribution in [3.05, 3.63) is 90.3 Å². The van der Waals surface area contributed by atoms with E-state index in [0.29, 0.717) is 28.6 Å². The number of hydrogen-bond donors (Lipinski definition) is 2. The maximum Gasteiger partial charge on any atom is 0.255 e. The summed E-state index contributed by atoms with van der Waals surface area (Å²) in [6.07, 6.45) is 3.28. The van der Waals surface area contributed by atoms with Crippen molar-refractivity contribution in [2.45, 2.75) is 6.92 Å². The van der Waals surface area contributed by atoms with Gasteiger partial charge in [0.05, 0.1) is 5.69 Å². The summed E-state index contributed by atoms with van der Waals surface area (Å²) in [6.45, 7) is 1.97. The van der Waals surface area contributed by atoms with Crippen LogP contribution in [0.1, 0.15) is 15.9 Å². The summed E-state index contributed by atoms with van der Waals surface area (Å²) in [5, 5.41) is 14.1. The van der Waals surface area contributed by atoms with Gasteiger partial charge in [-0.05, 0) is 55.0 Å². The Labute approximate surface area is 167 Å². The van der Waals surface area contributed by atoms with Crippen LogP contribution in [-0.2, 0) is 0 Å². The van der Waals surface area contributed by atoms with E-state index in [9.17, 15) is 4.79 Å². The maximum atomic E-state index is 12.4. The van der Waals surface area contributed by atoms with Crippen molar-refractivity contribution in [3.63, 3.8) is 0 Å². The molecular formula is C22H18N6O. The smallest absolute Gasteiger partial charge is 0.255 e. The van der Waals surface area contributed by atoms with Crippen molar-refractivity contribution < 1.29 is 4.79 Å². The molecule has 142 valence electrons. The lowest BCUT2D eigenvalue weighted by atomic mass is 10.1. The zero-order valence-corrected chi connectivity index (χ0v) is 15.7. The van der Waals surface area contributed by atoms with Crippen LogP contribution in [0.3, 0.4) is 0 Å². The molecule has 1 amide bonds. The Morgan fingerprint density at radius 2 is 1.76 bits per heavy atom. The number of nitrogens with one attached hydrogen (secondary N) is 2. The van der Waals surface area contributed by atoms with Crippen molar-refractivity contribution in [1.29, 1.82) is 0 Å². The minimum Gasteiger partial charge on any atom is -0.324 e. The Kier molecular flexibility index (Phi) is 5.20. The molecule has 0 aliphatic rings. The van der Waals surface area contributed by atoms with E-state index in [1.54, 1.807) is 36.7 Å². The highest BCUT2D eigenvalue weighted by molar-refractivity contribution is 6.04. The molecule has 4 rings (SSSR count). The van der Waals surface area contributed by atoms with Gasteiger partial charge in [-0.25, -0.2) is 9.97 Å². The summed E-state index contributed by atoms with van der Waals surface area (Å²) in [5.41, 5.74) is 4.41. The molecule has 0 bridgehead atoms. The molecule has 0 fully saturated rings. The Bertz CT molecular complexity index is 1130. The Hall–Kier alpha value is -4.13. The summed E-state index contributed by atoms with van der Waals surface area (Å²) in [6, 6.07) is 20.1. The number of aromatic nitrogens is 4. The predicted octanol–water partition coefficient (Wildman–Crippen LogP) is 4.24. The second-order valence-electron chi connectivity index (χ2n) is 6.35. The number of anilines is 3. The normalized spacial score (nSPS) is 10.4. The van der Waals surface area contributed by atoms with Gasteiger partial charge in [0.1, 0.15) is 5.69 Å². The number of benzene rings is 2. The van der Waals surface area contributed by atoms with Crippen LogP contribution in [-0.4, -0.2) is 26.1 Å². The number of carbonyl (C=O) groups excluding carboxylic acids is 1. The van der Waals surface area contributed by atoms with Crippen LogP contribution >= 0.6 is 0 Å². The first kappa shape index (κ1) is 18.2. The molecule has 7 heteroatoms. The highest BCUT2D eigenvalue weighted by Gasteiger charge is 2.09. The molecule has 0 radical (unpaired) electrons. The van der Waals surface area contributed by atoms with Gasteiger partial charge in [0.25, 0.3) is 5.91 Å². The van der Waals surface area contributed by atoms with Crippen molar-refractivity contribution in [2.24, 2.45) is 0 Å². The first-order valence-electron chi connectivity index (χ1n) is 9.04. The summed E-state index contributed by atoms with van der Waals surface area (Å²) >= 11 is 0. The molecule has 2 heterocycles. The first-order valence-corrected chi connectivity index (χ1v) is 9.04. The van der Waals surface area contributed by atoms with Crippen molar-refractivity contribution >= 4 is 23.2 Å². The summed E-state index contributed by atoms with van der Waals surface area (Å²) < 4.78 is 0. The topological polar surface area (TPSA) is 92.7 Å². The standard InChI is InChI=1S/C22H18N6O/c1-15-9-10-17(25-21(29)16-6-3-2-4-7-16)14-20(15)27-22-23-13-11-18(26-22)19-8-5-12-24-28-19/h2-14H,1H3,(H,25,29)(H,23,26,27). The van der Waals surface area contributed by atoms with E-state index in [2.05, 4.69) is 30.8 Å². The van der Waals surface area contributed by atoms with E-state index in [-0.39, 0.29) is 5.91 Å². The van der Waals surface area contributed by atoms with E-state index in [4.69, 9.17) is 0 Å². The fraction of sp³-hybridized carbons (Fsp3) is 0.0455. The molecule has 2 aromatic carbocycles. The van der Waals surface area contributed by atoms with Gasteiger partial charge in [-0.1, -0.05) is 24.3 Å². The third-order valence-corrected chi connectivity index (χ3v) is 4.27. The molecule has 0 aliphatic carbocycles. The number of amides is 1. The zero-order valence-electron chi connectivity index (χ0n) is 15.7. The number of nitrogens with zero attached hydrogens (tertiary/aromatic N) is 4. The fourth-order valence-corrected chi connectivity index (χ4v) is 2.75. The largest absolute Gasteiger partial charge is 0.324 e. The lowest BCUT2D eigenvalue weighted by molar-refractivity contribution is 0.102. The van der Waals surface area contributed by atoms with Gasteiger partial charge in [0.2, 0.25) is 5.95 Å². The third-order valence-electron chi connectivity index (χ3n) is 4.27. The van der Waals surface area contributed by atoms with Gasteiger partial charge in [-0.2, -0.15) is 5.10 Å².